The van der Waals surface area contributed by atoms with Crippen LogP contribution in [0.4, 0.5) is 11.4 Å². The van der Waals surface area contributed by atoms with Crippen LogP contribution < -0.4 is 9.73 Å². The lowest BCUT2D eigenvalue weighted by Gasteiger charge is -2.25. The molecule has 0 aliphatic heterocycles. The molecular formula is C23H22N4O5S. The number of benzene rings is 3. The number of carbonyl (C=O) groups is 1. The Morgan fingerprint density at radius 3 is 2.21 bits per heavy atom. The van der Waals surface area contributed by atoms with E-state index in [4.69, 9.17) is 0 Å². The molecule has 0 unspecified atom stereocenters. The molecule has 0 aliphatic carbocycles. The average molecular weight is 467 g/mol. The molecule has 10 heteroatoms. The standard InChI is InChI=1S/C23H22N4O5S/c1-17-8-6-7-11-22(17)26(33(31,32)21-9-4-3-5-10-21)16-23(28)25-24-18(2)19-12-14-20(15-13-19)27(29)30/h3-15H,16H2,1-2H3,(H,25,28)/b24-18-. The van der Waals surface area contributed by atoms with Gasteiger partial charge in [0.15, 0.2) is 0 Å². The minimum absolute atomic E-state index is 0.0597. The monoisotopic (exact) mass is 466 g/mol. The van der Waals surface area contributed by atoms with Crippen molar-refractivity contribution in [2.24, 2.45) is 5.10 Å². The number of hydrazone groups is 1. The minimum Gasteiger partial charge on any atom is -0.271 e. The number of anilines is 1. The lowest BCUT2D eigenvalue weighted by Crippen LogP contribution is -2.40. The summed E-state index contributed by atoms with van der Waals surface area (Å²) in [5, 5.41) is 14.8. The van der Waals surface area contributed by atoms with Crippen molar-refractivity contribution in [3.05, 3.63) is 100 Å². The fourth-order valence-electron chi connectivity index (χ4n) is 3.06. The zero-order valence-electron chi connectivity index (χ0n) is 18.0. The number of sulfonamides is 1. The van der Waals surface area contributed by atoms with Crippen molar-refractivity contribution in [3.8, 4) is 0 Å². The highest BCUT2D eigenvalue weighted by Gasteiger charge is 2.28. The Morgan fingerprint density at radius 2 is 1.61 bits per heavy atom. The summed E-state index contributed by atoms with van der Waals surface area (Å²) >= 11 is 0. The number of para-hydroxylation sites is 1. The highest BCUT2D eigenvalue weighted by Crippen LogP contribution is 2.26. The summed E-state index contributed by atoms with van der Waals surface area (Å²) in [5.41, 5.74) is 4.37. The van der Waals surface area contributed by atoms with Gasteiger partial charge in [0.25, 0.3) is 21.6 Å². The normalized spacial score (nSPS) is 11.6. The van der Waals surface area contributed by atoms with Crippen molar-refractivity contribution >= 4 is 33.0 Å². The van der Waals surface area contributed by atoms with Crippen molar-refractivity contribution in [2.75, 3.05) is 10.8 Å². The maximum Gasteiger partial charge on any atom is 0.269 e. The van der Waals surface area contributed by atoms with Crippen LogP contribution in [0.25, 0.3) is 0 Å². The Balaban J connectivity index is 1.84. The number of hydrogen-bond donors (Lipinski definition) is 1. The third-order valence-electron chi connectivity index (χ3n) is 4.85. The van der Waals surface area contributed by atoms with Gasteiger partial charge in [-0.15, -0.1) is 0 Å². The summed E-state index contributed by atoms with van der Waals surface area (Å²) < 4.78 is 27.7. The second-order valence-electron chi connectivity index (χ2n) is 7.15. The summed E-state index contributed by atoms with van der Waals surface area (Å²) in [7, 11) is -4.02. The second kappa shape index (κ2) is 10.0. The van der Waals surface area contributed by atoms with E-state index >= 15 is 0 Å². The molecule has 1 N–H and O–H groups in total. The molecule has 0 radical (unpaired) electrons. The maximum atomic E-state index is 13.3. The van der Waals surface area contributed by atoms with Crippen molar-refractivity contribution < 1.29 is 18.1 Å². The molecule has 33 heavy (non-hydrogen) atoms. The van der Waals surface area contributed by atoms with Gasteiger partial charge in [0.2, 0.25) is 0 Å². The number of aryl methyl sites for hydroxylation is 1. The first kappa shape index (κ1) is 23.6. The molecule has 3 aromatic rings. The Hall–Kier alpha value is -4.05. The van der Waals surface area contributed by atoms with E-state index in [1.54, 1.807) is 56.3 Å². The number of amides is 1. The van der Waals surface area contributed by atoms with Gasteiger partial charge in [-0.1, -0.05) is 36.4 Å². The van der Waals surface area contributed by atoms with Gasteiger partial charge in [0, 0.05) is 12.1 Å². The quantitative estimate of drug-likeness (QED) is 0.309. The number of nitrogens with zero attached hydrogens (tertiary/aromatic N) is 3. The predicted molar refractivity (Wildman–Crippen MR) is 126 cm³/mol. The van der Waals surface area contributed by atoms with Crippen molar-refractivity contribution in [3.63, 3.8) is 0 Å². The van der Waals surface area contributed by atoms with Gasteiger partial charge in [-0.25, -0.2) is 13.8 Å². The number of hydrogen-bond acceptors (Lipinski definition) is 6. The van der Waals surface area contributed by atoms with Crippen LogP contribution in [0.5, 0.6) is 0 Å². The predicted octanol–water partition coefficient (Wildman–Crippen LogP) is 3.64. The molecule has 0 heterocycles. The number of carbonyl (C=O) groups excluding carboxylic acids is 1. The summed E-state index contributed by atoms with van der Waals surface area (Å²) in [5.74, 6) is -0.640. The summed E-state index contributed by atoms with van der Waals surface area (Å²) in [6, 6.07) is 20.4. The molecule has 0 aromatic heterocycles. The van der Waals surface area contributed by atoms with E-state index in [0.29, 0.717) is 22.5 Å². The molecule has 170 valence electrons. The number of nitrogens with one attached hydrogen (secondary N) is 1. The van der Waals surface area contributed by atoms with Crippen molar-refractivity contribution in [1.82, 2.24) is 5.43 Å². The SMILES string of the molecule is C/C(=N/NC(=O)CN(c1ccccc1C)S(=O)(=O)c1ccccc1)c1ccc([N+](=O)[O-])cc1. The molecule has 0 saturated carbocycles. The molecule has 9 nitrogen and oxygen atoms in total. The number of non-ortho nitro benzene ring substituents is 1. The Kier molecular flexibility index (Phi) is 7.19. The first-order valence-corrected chi connectivity index (χ1v) is 11.4. The third-order valence-corrected chi connectivity index (χ3v) is 6.62. The largest absolute Gasteiger partial charge is 0.271 e. The summed E-state index contributed by atoms with van der Waals surface area (Å²) in [6.45, 7) is 2.90. The van der Waals surface area contributed by atoms with E-state index in [2.05, 4.69) is 10.5 Å². The van der Waals surface area contributed by atoms with Gasteiger partial charge in [-0.3, -0.25) is 19.2 Å². The molecule has 0 fully saturated rings. The van der Waals surface area contributed by atoms with Gasteiger partial charge >= 0.3 is 0 Å². The molecule has 0 saturated heterocycles. The Morgan fingerprint density at radius 1 is 1.00 bits per heavy atom. The van der Waals surface area contributed by atoms with E-state index in [0.717, 1.165) is 4.31 Å². The Labute approximate surface area is 191 Å². The van der Waals surface area contributed by atoms with Crippen molar-refractivity contribution in [2.45, 2.75) is 18.7 Å². The van der Waals surface area contributed by atoms with Gasteiger partial charge in [0.1, 0.15) is 6.54 Å². The topological polar surface area (TPSA) is 122 Å². The van der Waals surface area contributed by atoms with Crippen LogP contribution in [0.15, 0.2) is 88.9 Å². The van der Waals surface area contributed by atoms with E-state index in [-0.39, 0.29) is 10.6 Å². The van der Waals surface area contributed by atoms with Crippen LogP contribution in [0, 0.1) is 17.0 Å². The van der Waals surface area contributed by atoms with Crippen LogP contribution in [0.2, 0.25) is 0 Å². The second-order valence-corrected chi connectivity index (χ2v) is 9.01. The molecule has 0 aliphatic rings. The van der Waals surface area contributed by atoms with Gasteiger partial charge < -0.3 is 0 Å². The smallest absolute Gasteiger partial charge is 0.269 e. The first-order valence-electron chi connectivity index (χ1n) is 9.91. The highest BCUT2D eigenvalue weighted by molar-refractivity contribution is 7.92. The molecule has 0 spiro atoms. The minimum atomic E-state index is -4.02. The zero-order chi connectivity index (χ0) is 24.0. The van der Waals surface area contributed by atoms with Crippen LogP contribution in [-0.4, -0.2) is 31.5 Å². The maximum absolute atomic E-state index is 13.3. The van der Waals surface area contributed by atoms with E-state index < -0.39 is 27.4 Å². The molecular weight excluding hydrogens is 444 g/mol. The summed E-state index contributed by atoms with van der Waals surface area (Å²) in [4.78, 5) is 23.0. The Bertz CT molecular complexity index is 1290. The lowest BCUT2D eigenvalue weighted by molar-refractivity contribution is -0.384. The van der Waals surface area contributed by atoms with Gasteiger partial charge in [-0.2, -0.15) is 5.10 Å². The van der Waals surface area contributed by atoms with Crippen LogP contribution >= 0.6 is 0 Å². The number of rotatable bonds is 8. The molecule has 0 bridgehead atoms. The molecule has 3 rings (SSSR count). The van der Waals surface area contributed by atoms with Crippen LogP contribution in [0.1, 0.15) is 18.1 Å². The fraction of sp³-hybridized carbons (Fsp3) is 0.130. The fourth-order valence-corrected chi connectivity index (χ4v) is 4.57. The van der Waals surface area contributed by atoms with Crippen LogP contribution in [-0.2, 0) is 14.8 Å². The van der Waals surface area contributed by atoms with Crippen molar-refractivity contribution in [1.29, 1.82) is 0 Å². The van der Waals surface area contributed by atoms with Crippen LogP contribution in [0.3, 0.4) is 0 Å². The lowest BCUT2D eigenvalue weighted by atomic mass is 10.1. The average Bonchev–Trinajstić information content (AvgIpc) is 2.82. The number of nitro benzene ring substituents is 1. The highest BCUT2D eigenvalue weighted by atomic mass is 32.2. The molecule has 0 atom stereocenters. The number of nitro groups is 1. The first-order chi connectivity index (χ1) is 15.7. The van der Waals surface area contributed by atoms with E-state index in [1.807, 2.05) is 0 Å². The van der Waals surface area contributed by atoms with E-state index in [9.17, 15) is 23.3 Å². The zero-order valence-corrected chi connectivity index (χ0v) is 18.8. The third kappa shape index (κ3) is 5.60. The molecule has 3 aromatic carbocycles. The van der Waals surface area contributed by atoms with Gasteiger partial charge in [-0.05, 0) is 55.3 Å². The summed E-state index contributed by atoms with van der Waals surface area (Å²) in [6.07, 6.45) is 0. The van der Waals surface area contributed by atoms with Gasteiger partial charge in [0.05, 0.1) is 21.2 Å². The van der Waals surface area contributed by atoms with E-state index in [1.165, 1.54) is 36.4 Å². The molecule has 1 amide bonds.